The number of thiophene rings is 1. The van der Waals surface area contributed by atoms with Crippen molar-refractivity contribution in [2.45, 2.75) is 19.9 Å². The van der Waals surface area contributed by atoms with Crippen molar-refractivity contribution >= 4 is 57.9 Å². The number of nitrogens with zero attached hydrogens (tertiary/aromatic N) is 1. The third-order valence-electron chi connectivity index (χ3n) is 4.85. The zero-order valence-electron chi connectivity index (χ0n) is 18.2. The Morgan fingerprint density at radius 3 is 2.45 bits per heavy atom. The van der Waals surface area contributed by atoms with Gasteiger partial charge < -0.3 is 25.6 Å². The Bertz CT molecular complexity index is 1020. The topological polar surface area (TPSA) is 117 Å². The maximum absolute atomic E-state index is 12.9. The van der Waals surface area contributed by atoms with Gasteiger partial charge in [0.15, 0.2) is 0 Å². The summed E-state index contributed by atoms with van der Waals surface area (Å²) < 4.78 is 5.61. The second-order valence-corrected chi connectivity index (χ2v) is 9.38. The van der Waals surface area contributed by atoms with Gasteiger partial charge in [-0.05, 0) is 36.4 Å². The van der Waals surface area contributed by atoms with Crippen LogP contribution in [0.2, 0.25) is 4.34 Å². The summed E-state index contributed by atoms with van der Waals surface area (Å²) in [4.78, 5) is 51.4. The predicted octanol–water partition coefficient (Wildman–Crippen LogP) is 2.27. The molecule has 2 heterocycles. The normalized spacial score (nSPS) is 14.7. The highest BCUT2D eigenvalue weighted by Gasteiger charge is 2.24. The number of hydrogen-bond acceptors (Lipinski definition) is 6. The molecule has 0 unspecified atom stereocenters. The smallest absolute Gasteiger partial charge is 0.261 e. The Morgan fingerprint density at radius 1 is 1.12 bits per heavy atom. The molecule has 0 aliphatic carbocycles. The van der Waals surface area contributed by atoms with E-state index >= 15 is 0 Å². The number of hydrogen-bond donors (Lipinski definition) is 3. The highest BCUT2D eigenvalue weighted by molar-refractivity contribution is 7.18. The van der Waals surface area contributed by atoms with Gasteiger partial charge in [-0.25, -0.2) is 0 Å². The molecule has 1 aromatic heterocycles. The summed E-state index contributed by atoms with van der Waals surface area (Å²) in [5.74, 6) is -1.65. The molecule has 33 heavy (non-hydrogen) atoms. The van der Waals surface area contributed by atoms with E-state index in [4.69, 9.17) is 16.3 Å². The molecule has 0 bridgehead atoms. The number of carbonyl (C=O) groups excluding carboxylic acids is 4. The molecule has 2 aromatic rings. The molecule has 0 radical (unpaired) electrons. The molecule has 9 nitrogen and oxygen atoms in total. The lowest BCUT2D eigenvalue weighted by molar-refractivity contribution is -0.128. The van der Waals surface area contributed by atoms with Crippen LogP contribution >= 0.6 is 22.9 Å². The minimum atomic E-state index is -0.986. The van der Waals surface area contributed by atoms with E-state index in [0.29, 0.717) is 33.7 Å². The van der Waals surface area contributed by atoms with Gasteiger partial charge in [0.25, 0.3) is 11.8 Å². The van der Waals surface area contributed by atoms with Crippen LogP contribution in [0, 0.1) is 5.92 Å². The summed E-state index contributed by atoms with van der Waals surface area (Å²) in [7, 11) is 0. The summed E-state index contributed by atoms with van der Waals surface area (Å²) >= 11 is 6.99. The molecule has 0 saturated carbocycles. The fraction of sp³-hybridized carbons (Fsp3) is 0.364. The Balaban J connectivity index is 1.65. The first kappa shape index (κ1) is 24.7. The molecule has 3 rings (SSSR count). The van der Waals surface area contributed by atoms with Crippen LogP contribution in [0.25, 0.3) is 0 Å². The van der Waals surface area contributed by atoms with Gasteiger partial charge in [0.2, 0.25) is 11.8 Å². The van der Waals surface area contributed by atoms with E-state index in [2.05, 4.69) is 16.0 Å². The van der Waals surface area contributed by atoms with E-state index in [0.717, 1.165) is 11.3 Å². The van der Waals surface area contributed by atoms with Crippen molar-refractivity contribution in [1.29, 1.82) is 0 Å². The molecule has 176 valence electrons. The minimum absolute atomic E-state index is 0.0408. The molecular weight excluding hydrogens is 468 g/mol. The Labute approximate surface area is 200 Å². The van der Waals surface area contributed by atoms with E-state index in [9.17, 15) is 19.2 Å². The Morgan fingerprint density at radius 2 is 1.85 bits per heavy atom. The summed E-state index contributed by atoms with van der Waals surface area (Å²) in [6.45, 7) is 4.29. The number of amides is 4. The fourth-order valence-corrected chi connectivity index (χ4v) is 3.97. The second kappa shape index (κ2) is 11.3. The number of carbonyl (C=O) groups is 4. The van der Waals surface area contributed by atoms with Crippen LogP contribution in [0.5, 0.6) is 0 Å². The molecule has 4 amide bonds. The van der Waals surface area contributed by atoms with Crippen LogP contribution in [-0.2, 0) is 19.1 Å². The van der Waals surface area contributed by atoms with Crippen LogP contribution < -0.4 is 20.9 Å². The molecule has 1 aromatic carbocycles. The van der Waals surface area contributed by atoms with E-state index < -0.39 is 11.9 Å². The fourth-order valence-electron chi connectivity index (χ4n) is 3.01. The number of morpholine rings is 1. The number of benzene rings is 1. The third-order valence-corrected chi connectivity index (χ3v) is 6.08. The average Bonchev–Trinajstić information content (AvgIpc) is 3.23. The standard InChI is InChI=1S/C22H25ClN4O5S/c1-13(2)20(29)26-16(11-24-22(31)17-7-8-18(23)33-17)21(30)25-14-3-5-15(6-4-14)27-9-10-32-12-19(27)28/h3-8,13,16H,9-12H2,1-2H3,(H,24,31)(H,25,30)(H,26,29)/t16-/m0/s1. The molecule has 1 atom stereocenters. The minimum Gasteiger partial charge on any atom is -0.370 e. The predicted molar refractivity (Wildman–Crippen MR) is 127 cm³/mol. The maximum Gasteiger partial charge on any atom is 0.261 e. The van der Waals surface area contributed by atoms with Crippen molar-refractivity contribution in [2.75, 3.05) is 36.5 Å². The summed E-state index contributed by atoms with van der Waals surface area (Å²) in [6.07, 6.45) is 0. The third kappa shape index (κ3) is 6.77. The number of nitrogens with one attached hydrogen (secondary N) is 3. The summed E-state index contributed by atoms with van der Waals surface area (Å²) in [6, 6.07) is 9.00. The van der Waals surface area contributed by atoms with E-state index in [1.807, 2.05) is 0 Å². The van der Waals surface area contributed by atoms with E-state index in [1.54, 1.807) is 55.1 Å². The van der Waals surface area contributed by atoms with Gasteiger partial charge in [0.05, 0.1) is 15.8 Å². The van der Waals surface area contributed by atoms with Crippen LogP contribution in [0.4, 0.5) is 11.4 Å². The zero-order chi connectivity index (χ0) is 24.0. The van der Waals surface area contributed by atoms with Crippen LogP contribution in [0.3, 0.4) is 0 Å². The summed E-state index contributed by atoms with van der Waals surface area (Å²) in [5.41, 5.74) is 1.19. The molecule has 1 fully saturated rings. The van der Waals surface area contributed by atoms with Crippen molar-refractivity contribution in [1.82, 2.24) is 10.6 Å². The van der Waals surface area contributed by atoms with Crippen molar-refractivity contribution in [3.63, 3.8) is 0 Å². The number of anilines is 2. The van der Waals surface area contributed by atoms with Crippen molar-refractivity contribution < 1.29 is 23.9 Å². The first-order chi connectivity index (χ1) is 15.7. The molecule has 1 saturated heterocycles. The van der Waals surface area contributed by atoms with Gasteiger partial charge >= 0.3 is 0 Å². The maximum atomic E-state index is 12.9. The molecule has 0 spiro atoms. The lowest BCUT2D eigenvalue weighted by Gasteiger charge is -2.27. The average molecular weight is 493 g/mol. The van der Waals surface area contributed by atoms with Gasteiger partial charge in [-0.2, -0.15) is 0 Å². The lowest BCUT2D eigenvalue weighted by atomic mass is 10.1. The van der Waals surface area contributed by atoms with E-state index in [-0.39, 0.29) is 36.8 Å². The Hall–Kier alpha value is -2.95. The number of rotatable bonds is 8. The second-order valence-electron chi connectivity index (χ2n) is 7.66. The quantitative estimate of drug-likeness (QED) is 0.522. The van der Waals surface area contributed by atoms with Gasteiger partial charge in [-0.15, -0.1) is 11.3 Å². The summed E-state index contributed by atoms with van der Waals surface area (Å²) in [5, 5.41) is 8.07. The van der Waals surface area contributed by atoms with Crippen molar-refractivity contribution in [2.24, 2.45) is 5.92 Å². The number of halogens is 1. The zero-order valence-corrected chi connectivity index (χ0v) is 19.8. The van der Waals surface area contributed by atoms with Gasteiger partial charge in [0, 0.05) is 30.4 Å². The molecule has 3 N–H and O–H groups in total. The van der Waals surface area contributed by atoms with Crippen molar-refractivity contribution in [3.05, 3.63) is 45.6 Å². The Kier molecular flexibility index (Phi) is 8.43. The molecule has 1 aliphatic heterocycles. The first-order valence-electron chi connectivity index (χ1n) is 10.4. The van der Waals surface area contributed by atoms with Gasteiger partial charge in [-0.1, -0.05) is 25.4 Å². The van der Waals surface area contributed by atoms with Crippen molar-refractivity contribution in [3.8, 4) is 0 Å². The van der Waals surface area contributed by atoms with Crippen LogP contribution in [0.15, 0.2) is 36.4 Å². The van der Waals surface area contributed by atoms with Crippen LogP contribution in [-0.4, -0.2) is 56.0 Å². The molecular formula is C22H25ClN4O5S. The van der Waals surface area contributed by atoms with Gasteiger partial charge in [-0.3, -0.25) is 19.2 Å². The monoisotopic (exact) mass is 492 g/mol. The highest BCUT2D eigenvalue weighted by Crippen LogP contribution is 2.21. The largest absolute Gasteiger partial charge is 0.370 e. The van der Waals surface area contributed by atoms with E-state index in [1.165, 1.54) is 0 Å². The molecule has 1 aliphatic rings. The van der Waals surface area contributed by atoms with Crippen LogP contribution in [0.1, 0.15) is 23.5 Å². The lowest BCUT2D eigenvalue weighted by Crippen LogP contribution is -2.51. The SMILES string of the molecule is CC(C)C(=O)N[C@@H](CNC(=O)c1ccc(Cl)s1)C(=O)Nc1ccc(N2CCOCC2=O)cc1. The van der Waals surface area contributed by atoms with Gasteiger partial charge in [0.1, 0.15) is 12.6 Å². The highest BCUT2D eigenvalue weighted by atomic mass is 35.5. The number of ether oxygens (including phenoxy) is 1. The first-order valence-corrected chi connectivity index (χ1v) is 11.6. The molecule has 11 heteroatoms.